The smallest absolute Gasteiger partial charge is 0.174 e. The molecule has 0 bridgehead atoms. The van der Waals surface area contributed by atoms with E-state index < -0.39 is 6.10 Å². The number of fused-ring (bicyclic) bond motifs is 2. The van der Waals surface area contributed by atoms with E-state index in [0.29, 0.717) is 18.6 Å². The Hall–Kier alpha value is -3.47. The molecular weight excluding hydrogens is 464 g/mol. The molecule has 2 N–H and O–H groups in total. The summed E-state index contributed by atoms with van der Waals surface area (Å²) in [5, 5.41) is 21.5. The molecule has 2 aromatic carbocycles. The van der Waals surface area contributed by atoms with Crippen molar-refractivity contribution in [2.45, 2.75) is 79.2 Å². The molecule has 0 amide bonds. The third-order valence-corrected chi connectivity index (χ3v) is 7.11. The molecule has 0 radical (unpaired) electrons. The van der Waals surface area contributed by atoms with Gasteiger partial charge in [-0.1, -0.05) is 41.0 Å². The fourth-order valence-corrected chi connectivity index (χ4v) is 5.05. The topological polar surface area (TPSA) is 76.0 Å². The average Bonchev–Trinajstić information content (AvgIpc) is 3.30. The fourth-order valence-electron chi connectivity index (χ4n) is 5.05. The first-order valence-electron chi connectivity index (χ1n) is 13.1. The molecule has 1 unspecified atom stereocenters. The number of Topliss-reactive ketones (excluding diaryl/α,β-unsaturated/α-hetero) is 1. The van der Waals surface area contributed by atoms with Crippen LogP contribution in [0, 0.1) is 0 Å². The average molecular weight is 503 g/mol. The second-order valence-corrected chi connectivity index (χ2v) is 10.6. The quantitative estimate of drug-likeness (QED) is 0.366. The highest BCUT2D eigenvalue weighted by Crippen LogP contribution is 2.46. The van der Waals surface area contributed by atoms with Crippen molar-refractivity contribution in [2.75, 3.05) is 6.61 Å². The number of rotatable bonds is 8. The van der Waals surface area contributed by atoms with Crippen LogP contribution in [0.5, 0.6) is 23.0 Å². The predicted molar refractivity (Wildman–Crippen MR) is 147 cm³/mol. The van der Waals surface area contributed by atoms with Crippen molar-refractivity contribution >= 4 is 5.78 Å². The van der Waals surface area contributed by atoms with Crippen molar-refractivity contribution in [3.05, 3.63) is 81.0 Å². The Kier molecular flexibility index (Phi) is 8.11. The van der Waals surface area contributed by atoms with Gasteiger partial charge in [0.15, 0.2) is 5.78 Å². The van der Waals surface area contributed by atoms with E-state index in [9.17, 15) is 15.0 Å². The lowest BCUT2D eigenvalue weighted by molar-refractivity contribution is 0.0843. The van der Waals surface area contributed by atoms with Crippen molar-refractivity contribution < 1.29 is 24.5 Å². The zero-order valence-electron chi connectivity index (χ0n) is 22.6. The van der Waals surface area contributed by atoms with Gasteiger partial charge in [-0.05, 0) is 77.5 Å². The number of ketones is 1. The minimum atomic E-state index is -0.497. The van der Waals surface area contributed by atoms with Gasteiger partial charge >= 0.3 is 0 Å². The number of carbonyl (C=O) groups excluding carboxylic acids is 1. The van der Waals surface area contributed by atoms with Gasteiger partial charge in [-0.2, -0.15) is 0 Å². The molecule has 5 nitrogen and oxygen atoms in total. The van der Waals surface area contributed by atoms with E-state index in [-0.39, 0.29) is 35.0 Å². The molecular formula is C32H38O5. The van der Waals surface area contributed by atoms with Gasteiger partial charge in [-0.25, -0.2) is 0 Å². The molecule has 0 aromatic heterocycles. The molecule has 0 saturated carbocycles. The largest absolute Gasteiger partial charge is 0.507 e. The first-order chi connectivity index (χ1) is 17.7. The van der Waals surface area contributed by atoms with Gasteiger partial charge in [0.25, 0.3) is 0 Å². The standard InChI is InChI=1S/C32H38O5/c1-19(2)7-6-8-21(5)10-12-22-23(13-14-28-24(22)15-16-36-28)29-18-27(34)31-30(37-29)17-26(33)25(32(31)35)11-9-20(3)4/h7,9-10,13-14,17,29,33,35H,6,8,11-12,15-16,18H2,1-5H3/b21-10+. The molecule has 0 spiro atoms. The summed E-state index contributed by atoms with van der Waals surface area (Å²) < 4.78 is 12.1. The van der Waals surface area contributed by atoms with Crippen molar-refractivity contribution in [3.63, 3.8) is 0 Å². The molecule has 0 fully saturated rings. The molecule has 2 heterocycles. The SMILES string of the molecule is CC(C)=CCC/C(C)=C/Cc1c(C2CC(=O)c3c(cc(O)c(CC=C(C)C)c3O)O2)ccc2c1CCO2. The van der Waals surface area contributed by atoms with Crippen LogP contribution in [0.15, 0.2) is 53.1 Å². The highest BCUT2D eigenvalue weighted by Gasteiger charge is 2.34. The molecule has 2 aliphatic rings. The summed E-state index contributed by atoms with van der Waals surface area (Å²) in [5.41, 5.74) is 7.50. The lowest BCUT2D eigenvalue weighted by atomic mass is 9.87. The van der Waals surface area contributed by atoms with Crippen LogP contribution in [-0.2, 0) is 19.3 Å². The molecule has 37 heavy (non-hydrogen) atoms. The Labute approximate surface area is 220 Å². The summed E-state index contributed by atoms with van der Waals surface area (Å²) in [6.07, 6.45) is 10.00. The number of hydrogen-bond acceptors (Lipinski definition) is 5. The van der Waals surface area contributed by atoms with Crippen LogP contribution in [-0.4, -0.2) is 22.6 Å². The monoisotopic (exact) mass is 502 g/mol. The summed E-state index contributed by atoms with van der Waals surface area (Å²) in [4.78, 5) is 13.3. The van der Waals surface area contributed by atoms with Crippen LogP contribution in [0.3, 0.4) is 0 Å². The first kappa shape index (κ1) is 26.6. The van der Waals surface area contributed by atoms with Gasteiger partial charge in [0.05, 0.1) is 13.0 Å². The van der Waals surface area contributed by atoms with E-state index in [1.807, 2.05) is 32.1 Å². The Morgan fingerprint density at radius 1 is 0.973 bits per heavy atom. The maximum atomic E-state index is 13.3. The third-order valence-electron chi connectivity index (χ3n) is 7.11. The summed E-state index contributed by atoms with van der Waals surface area (Å²) >= 11 is 0. The molecule has 4 rings (SSSR count). The Bertz CT molecular complexity index is 1290. The number of phenols is 2. The second kappa shape index (κ2) is 11.3. The molecule has 2 aliphatic heterocycles. The van der Waals surface area contributed by atoms with Gasteiger partial charge in [0.1, 0.15) is 34.7 Å². The van der Waals surface area contributed by atoms with E-state index in [4.69, 9.17) is 9.47 Å². The van der Waals surface area contributed by atoms with Gasteiger partial charge in [0, 0.05) is 23.6 Å². The molecule has 196 valence electrons. The summed E-state index contributed by atoms with van der Waals surface area (Å²) in [6.45, 7) is 10.9. The number of ether oxygens (including phenoxy) is 2. The molecule has 0 saturated heterocycles. The number of carbonyl (C=O) groups is 1. The van der Waals surface area contributed by atoms with E-state index >= 15 is 0 Å². The number of benzene rings is 2. The van der Waals surface area contributed by atoms with E-state index in [2.05, 4.69) is 32.9 Å². The summed E-state index contributed by atoms with van der Waals surface area (Å²) in [5.74, 6) is 0.691. The van der Waals surface area contributed by atoms with Crippen LogP contribution in [0.4, 0.5) is 0 Å². The van der Waals surface area contributed by atoms with E-state index in [1.54, 1.807) is 0 Å². The van der Waals surface area contributed by atoms with Gasteiger partial charge in [-0.15, -0.1) is 0 Å². The number of aromatic hydroxyl groups is 2. The van der Waals surface area contributed by atoms with Crippen LogP contribution in [0.1, 0.15) is 92.6 Å². The van der Waals surface area contributed by atoms with Crippen molar-refractivity contribution in [3.8, 4) is 23.0 Å². The Balaban J connectivity index is 1.66. The first-order valence-corrected chi connectivity index (χ1v) is 13.1. The minimum Gasteiger partial charge on any atom is -0.507 e. The normalized spacial score (nSPS) is 16.4. The van der Waals surface area contributed by atoms with Crippen molar-refractivity contribution in [1.29, 1.82) is 0 Å². The predicted octanol–water partition coefficient (Wildman–Crippen LogP) is 7.48. The third kappa shape index (κ3) is 5.93. The second-order valence-electron chi connectivity index (χ2n) is 10.6. The maximum Gasteiger partial charge on any atom is 0.174 e. The number of allylic oxidation sites excluding steroid dienone is 6. The molecule has 0 aliphatic carbocycles. The summed E-state index contributed by atoms with van der Waals surface area (Å²) in [7, 11) is 0. The van der Waals surface area contributed by atoms with Gasteiger partial charge in [-0.3, -0.25) is 4.79 Å². The number of hydrogen-bond donors (Lipinski definition) is 2. The van der Waals surface area contributed by atoms with E-state index in [0.717, 1.165) is 48.1 Å². The van der Waals surface area contributed by atoms with Crippen molar-refractivity contribution in [2.24, 2.45) is 0 Å². The van der Waals surface area contributed by atoms with Crippen LogP contribution >= 0.6 is 0 Å². The maximum absolute atomic E-state index is 13.3. The van der Waals surface area contributed by atoms with Gasteiger partial charge < -0.3 is 19.7 Å². The highest BCUT2D eigenvalue weighted by molar-refractivity contribution is 6.03. The fraction of sp³-hybridized carbons (Fsp3) is 0.406. The zero-order valence-corrected chi connectivity index (χ0v) is 22.6. The highest BCUT2D eigenvalue weighted by atomic mass is 16.5. The summed E-state index contributed by atoms with van der Waals surface area (Å²) in [6, 6.07) is 5.43. The minimum absolute atomic E-state index is 0.0697. The van der Waals surface area contributed by atoms with E-state index in [1.165, 1.54) is 22.8 Å². The van der Waals surface area contributed by atoms with Crippen molar-refractivity contribution in [1.82, 2.24) is 0 Å². The molecule has 1 atom stereocenters. The van der Waals surface area contributed by atoms with Crippen LogP contribution in [0.2, 0.25) is 0 Å². The Morgan fingerprint density at radius 2 is 1.70 bits per heavy atom. The Morgan fingerprint density at radius 3 is 2.43 bits per heavy atom. The van der Waals surface area contributed by atoms with Crippen LogP contribution in [0.25, 0.3) is 0 Å². The van der Waals surface area contributed by atoms with Gasteiger partial charge in [0.2, 0.25) is 0 Å². The molecule has 2 aromatic rings. The molecule has 5 heteroatoms. The number of phenolic OH excluding ortho intramolecular Hbond substituents is 2. The van der Waals surface area contributed by atoms with Crippen LogP contribution < -0.4 is 9.47 Å². The lowest BCUT2D eigenvalue weighted by Gasteiger charge is -2.29. The zero-order chi connectivity index (χ0) is 26.7. The lowest BCUT2D eigenvalue weighted by Crippen LogP contribution is -2.22.